The number of aryl methyl sites for hydroxylation is 1. The maximum Gasteiger partial charge on any atom is 0.253 e. The minimum atomic E-state index is -0.146. The van der Waals surface area contributed by atoms with E-state index in [1.165, 1.54) is 5.56 Å². The van der Waals surface area contributed by atoms with Crippen molar-refractivity contribution in [3.8, 4) is 17.0 Å². The molecule has 1 N–H and O–H groups in total. The molecule has 0 saturated heterocycles. The number of hydrazone groups is 1. The maximum absolute atomic E-state index is 13.8. The first-order chi connectivity index (χ1) is 19.1. The van der Waals surface area contributed by atoms with Gasteiger partial charge in [-0.05, 0) is 53.9 Å². The fourth-order valence-electron chi connectivity index (χ4n) is 5.02. The third-order valence-electron chi connectivity index (χ3n) is 7.11. The van der Waals surface area contributed by atoms with Crippen LogP contribution in [0.25, 0.3) is 22.2 Å². The second kappa shape index (κ2) is 10.8. The maximum atomic E-state index is 13.8. The van der Waals surface area contributed by atoms with Crippen molar-refractivity contribution in [1.82, 2.24) is 9.99 Å². The fourth-order valence-corrected chi connectivity index (χ4v) is 6.07. The van der Waals surface area contributed by atoms with E-state index in [0.29, 0.717) is 6.42 Å². The van der Waals surface area contributed by atoms with Crippen LogP contribution in [0.15, 0.2) is 113 Å². The van der Waals surface area contributed by atoms with Crippen molar-refractivity contribution in [3.63, 3.8) is 0 Å². The van der Waals surface area contributed by atoms with Crippen LogP contribution in [0.1, 0.15) is 29.2 Å². The number of rotatable bonds is 7. The van der Waals surface area contributed by atoms with Gasteiger partial charge in [0.05, 0.1) is 30.3 Å². The van der Waals surface area contributed by atoms with E-state index in [2.05, 4.69) is 60.4 Å². The normalized spacial score (nSPS) is 15.0. The van der Waals surface area contributed by atoms with Gasteiger partial charge < -0.3 is 9.72 Å². The highest BCUT2D eigenvalue weighted by atomic mass is 32.2. The number of aromatic amines is 1. The fraction of sp³-hybridized carbons (Fsp3) is 0.152. The zero-order valence-corrected chi connectivity index (χ0v) is 22.7. The molecule has 1 aliphatic heterocycles. The van der Waals surface area contributed by atoms with E-state index in [-0.39, 0.29) is 17.7 Å². The Bertz CT molecular complexity index is 1640. The predicted octanol–water partition coefficient (Wildman–Crippen LogP) is 7.62. The summed E-state index contributed by atoms with van der Waals surface area (Å²) in [4.78, 5) is 18.5. The molecule has 6 rings (SSSR count). The van der Waals surface area contributed by atoms with Gasteiger partial charge in [-0.1, -0.05) is 78.4 Å². The Morgan fingerprint density at radius 2 is 1.64 bits per heavy atom. The summed E-state index contributed by atoms with van der Waals surface area (Å²) in [7, 11) is 1.66. The van der Waals surface area contributed by atoms with Gasteiger partial charge in [0.1, 0.15) is 5.75 Å². The molecule has 2 heterocycles. The molecule has 6 heteroatoms. The third-order valence-corrected chi connectivity index (χ3v) is 8.22. The van der Waals surface area contributed by atoms with Crippen LogP contribution in [0, 0.1) is 6.92 Å². The molecular weight excluding hydrogens is 502 g/mol. The molecule has 1 aromatic heterocycles. The van der Waals surface area contributed by atoms with E-state index >= 15 is 0 Å². The molecule has 0 bridgehead atoms. The van der Waals surface area contributed by atoms with Crippen LogP contribution in [0.4, 0.5) is 0 Å². The Hall–Kier alpha value is -4.29. The topological polar surface area (TPSA) is 57.7 Å². The lowest BCUT2D eigenvalue weighted by molar-refractivity contribution is -0.130. The van der Waals surface area contributed by atoms with E-state index in [1.807, 2.05) is 54.6 Å². The van der Waals surface area contributed by atoms with Crippen LogP contribution in [0.2, 0.25) is 0 Å². The van der Waals surface area contributed by atoms with Crippen molar-refractivity contribution >= 4 is 34.3 Å². The van der Waals surface area contributed by atoms with Crippen molar-refractivity contribution < 1.29 is 9.53 Å². The predicted molar refractivity (Wildman–Crippen MR) is 159 cm³/mol. The molecule has 5 nitrogen and oxygen atoms in total. The summed E-state index contributed by atoms with van der Waals surface area (Å²) in [5, 5.41) is 7.68. The Morgan fingerprint density at radius 1 is 0.923 bits per heavy atom. The molecule has 1 aliphatic rings. The first kappa shape index (κ1) is 25.0. The van der Waals surface area contributed by atoms with Gasteiger partial charge >= 0.3 is 0 Å². The van der Waals surface area contributed by atoms with Crippen LogP contribution >= 0.6 is 11.8 Å². The summed E-state index contributed by atoms with van der Waals surface area (Å²) >= 11 is 1.57. The lowest BCUT2D eigenvalue weighted by Gasteiger charge is -2.22. The molecule has 1 amide bonds. The van der Waals surface area contributed by atoms with Gasteiger partial charge in [0.15, 0.2) is 0 Å². The number of fused-ring (bicyclic) bond motifs is 1. The first-order valence-electron chi connectivity index (χ1n) is 13.0. The summed E-state index contributed by atoms with van der Waals surface area (Å²) in [5.74, 6) is 1.06. The van der Waals surface area contributed by atoms with Gasteiger partial charge in [-0.3, -0.25) is 4.79 Å². The van der Waals surface area contributed by atoms with Crippen LogP contribution < -0.4 is 4.74 Å². The van der Waals surface area contributed by atoms with E-state index < -0.39 is 0 Å². The van der Waals surface area contributed by atoms with Crippen LogP contribution in [-0.4, -0.2) is 34.5 Å². The summed E-state index contributed by atoms with van der Waals surface area (Å²) in [5.41, 5.74) is 7.37. The standard InChI is InChI=1S/C33H29N3O2S/c1-22-12-14-24(15-13-22)30-20-29(23-16-18-26(38-2)19-17-23)35-36(30)31(37)21-39-33-27-10-6-7-11-28(27)34-32(33)25-8-4-3-5-9-25/h3-19,30,34H,20-21H2,1-2H3. The monoisotopic (exact) mass is 531 g/mol. The van der Waals surface area contributed by atoms with E-state index in [9.17, 15) is 4.79 Å². The van der Waals surface area contributed by atoms with Crippen molar-refractivity contribution in [2.75, 3.05) is 12.9 Å². The summed E-state index contributed by atoms with van der Waals surface area (Å²) in [6.45, 7) is 2.07. The van der Waals surface area contributed by atoms with Crippen molar-refractivity contribution in [2.24, 2.45) is 5.10 Å². The highest BCUT2D eigenvalue weighted by Gasteiger charge is 2.33. The molecule has 1 unspecified atom stereocenters. The smallest absolute Gasteiger partial charge is 0.253 e. The minimum absolute atomic E-state index is 0.0154. The number of hydrogen-bond acceptors (Lipinski definition) is 4. The number of H-pyrrole nitrogens is 1. The molecule has 0 saturated carbocycles. The van der Waals surface area contributed by atoms with Crippen molar-refractivity contribution in [2.45, 2.75) is 24.3 Å². The van der Waals surface area contributed by atoms with E-state index in [1.54, 1.807) is 23.9 Å². The Morgan fingerprint density at radius 3 is 2.38 bits per heavy atom. The number of nitrogens with one attached hydrogen (secondary N) is 1. The summed E-state index contributed by atoms with van der Waals surface area (Å²) < 4.78 is 5.32. The summed E-state index contributed by atoms with van der Waals surface area (Å²) in [6, 6.07) is 34.6. The zero-order chi connectivity index (χ0) is 26.8. The number of carbonyl (C=O) groups excluding carboxylic acids is 1. The molecule has 0 radical (unpaired) electrons. The lowest BCUT2D eigenvalue weighted by atomic mass is 9.97. The zero-order valence-electron chi connectivity index (χ0n) is 21.9. The van der Waals surface area contributed by atoms with Gasteiger partial charge in [-0.2, -0.15) is 5.10 Å². The number of hydrogen-bond donors (Lipinski definition) is 1. The van der Waals surface area contributed by atoms with Gasteiger partial charge in [0, 0.05) is 22.2 Å². The molecule has 1 atom stereocenters. The highest BCUT2D eigenvalue weighted by molar-refractivity contribution is 8.00. The molecule has 0 spiro atoms. The number of nitrogens with zero attached hydrogens (tertiary/aromatic N) is 2. The molecule has 4 aromatic carbocycles. The second-order valence-electron chi connectivity index (χ2n) is 9.67. The molecular formula is C33H29N3O2S. The number of methoxy groups -OCH3 is 1. The Kier molecular flexibility index (Phi) is 6.95. The largest absolute Gasteiger partial charge is 0.497 e. The minimum Gasteiger partial charge on any atom is -0.497 e. The number of aromatic nitrogens is 1. The van der Waals surface area contributed by atoms with Crippen molar-refractivity contribution in [1.29, 1.82) is 0 Å². The Labute approximate surface area is 232 Å². The number of amides is 1. The third kappa shape index (κ3) is 5.08. The molecule has 39 heavy (non-hydrogen) atoms. The van der Waals surface area contributed by atoms with Gasteiger partial charge in [0.25, 0.3) is 5.91 Å². The summed E-state index contributed by atoms with van der Waals surface area (Å²) in [6.07, 6.45) is 0.661. The Balaban J connectivity index is 1.31. The van der Waals surface area contributed by atoms with Gasteiger partial charge in [0.2, 0.25) is 0 Å². The lowest BCUT2D eigenvalue weighted by Crippen LogP contribution is -2.28. The highest BCUT2D eigenvalue weighted by Crippen LogP contribution is 2.39. The van der Waals surface area contributed by atoms with Gasteiger partial charge in [-0.25, -0.2) is 5.01 Å². The number of ether oxygens (including phenoxy) is 1. The average molecular weight is 532 g/mol. The molecule has 0 aliphatic carbocycles. The molecule has 0 fully saturated rings. The van der Waals surface area contributed by atoms with Crippen molar-refractivity contribution in [3.05, 3.63) is 120 Å². The second-order valence-corrected chi connectivity index (χ2v) is 10.7. The quantitative estimate of drug-likeness (QED) is 0.220. The van der Waals surface area contributed by atoms with Crippen LogP contribution in [-0.2, 0) is 4.79 Å². The number of carbonyl (C=O) groups is 1. The SMILES string of the molecule is COc1ccc(C2=NN(C(=O)CSc3c(-c4ccccc4)[nH]c4ccccc34)C(c3ccc(C)cc3)C2)cc1. The van der Waals surface area contributed by atoms with Crippen LogP contribution in [0.3, 0.4) is 0 Å². The van der Waals surface area contributed by atoms with E-state index in [0.717, 1.165) is 49.6 Å². The molecule has 5 aromatic rings. The number of para-hydroxylation sites is 1. The van der Waals surface area contributed by atoms with Crippen LogP contribution in [0.5, 0.6) is 5.75 Å². The van der Waals surface area contributed by atoms with Gasteiger partial charge in [-0.15, -0.1) is 11.8 Å². The average Bonchev–Trinajstić information content (AvgIpc) is 3.59. The number of benzene rings is 4. The molecule has 194 valence electrons. The number of thioether (sulfide) groups is 1. The van der Waals surface area contributed by atoms with E-state index in [4.69, 9.17) is 9.84 Å². The first-order valence-corrected chi connectivity index (χ1v) is 14.0.